The summed E-state index contributed by atoms with van der Waals surface area (Å²) < 4.78 is 9.51. The van der Waals surface area contributed by atoms with Gasteiger partial charge in [-0.3, -0.25) is 9.72 Å². The fraction of sp³-hybridized carbons (Fsp3) is 0.292. The molecule has 7 rings (SSSR count). The molecule has 176 valence electrons. The monoisotopic (exact) mass is 469 g/mol. The van der Waals surface area contributed by atoms with Crippen LogP contribution in [-0.2, 0) is 5.41 Å². The van der Waals surface area contributed by atoms with Crippen LogP contribution in [0.4, 0.5) is 22.1 Å². The molecule has 11 nitrogen and oxygen atoms in total. The van der Waals surface area contributed by atoms with Crippen molar-refractivity contribution in [3.05, 3.63) is 48.9 Å². The molecule has 5 heterocycles. The number of hydrogen-bond acceptors (Lipinski definition) is 7. The minimum Gasteiger partial charge on any atom is -0.383 e. The van der Waals surface area contributed by atoms with Crippen LogP contribution in [0.1, 0.15) is 44.4 Å². The van der Waals surface area contributed by atoms with Gasteiger partial charge in [0.05, 0.1) is 16.8 Å². The van der Waals surface area contributed by atoms with Crippen LogP contribution in [-0.4, -0.2) is 35.1 Å². The Kier molecular flexibility index (Phi) is 4.03. The van der Waals surface area contributed by atoms with Crippen LogP contribution in [0.15, 0.2) is 47.6 Å². The third-order valence-electron chi connectivity index (χ3n) is 7.00. The Balaban J connectivity index is 1.22. The molecule has 0 bridgehead atoms. The number of anilines is 3. The van der Waals surface area contributed by atoms with E-state index in [0.29, 0.717) is 29.0 Å². The van der Waals surface area contributed by atoms with Gasteiger partial charge in [-0.05, 0) is 37.8 Å². The van der Waals surface area contributed by atoms with E-state index in [1.54, 1.807) is 12.3 Å². The van der Waals surface area contributed by atoms with Gasteiger partial charge >= 0.3 is 6.03 Å². The Bertz CT molecular complexity index is 1620. The van der Waals surface area contributed by atoms with Gasteiger partial charge in [-0.1, -0.05) is 12.1 Å². The van der Waals surface area contributed by atoms with Gasteiger partial charge in [-0.2, -0.15) is 0 Å². The SMILES string of the molecule is CC1(c2cc(NC(=O)Nc3ccc(-c4cn(C5CC5)c5ncnc(N)c45)n4ccnc34)no2)CC1. The van der Waals surface area contributed by atoms with E-state index in [-0.39, 0.29) is 5.41 Å². The average molecular weight is 470 g/mol. The maximum atomic E-state index is 12.7. The molecule has 0 unspecified atom stereocenters. The number of hydrogen-bond donors (Lipinski definition) is 3. The van der Waals surface area contributed by atoms with Crippen LogP contribution in [0.25, 0.3) is 27.9 Å². The van der Waals surface area contributed by atoms with E-state index in [2.05, 4.69) is 48.4 Å². The largest absolute Gasteiger partial charge is 0.383 e. The highest BCUT2D eigenvalue weighted by Gasteiger charge is 2.43. The van der Waals surface area contributed by atoms with Crippen molar-refractivity contribution >= 4 is 40.0 Å². The minimum absolute atomic E-state index is 0.0400. The summed E-state index contributed by atoms with van der Waals surface area (Å²) in [7, 11) is 0. The van der Waals surface area contributed by atoms with Crippen molar-refractivity contribution in [2.24, 2.45) is 0 Å². The van der Waals surface area contributed by atoms with Gasteiger partial charge in [0.15, 0.2) is 11.5 Å². The van der Waals surface area contributed by atoms with Crippen molar-refractivity contribution in [3.8, 4) is 11.3 Å². The number of aromatic nitrogens is 6. The van der Waals surface area contributed by atoms with Crippen LogP contribution in [0, 0.1) is 0 Å². The first-order chi connectivity index (χ1) is 17.0. The lowest BCUT2D eigenvalue weighted by molar-refractivity contribution is 0.262. The molecule has 0 spiro atoms. The van der Waals surface area contributed by atoms with Gasteiger partial charge < -0.3 is 20.1 Å². The lowest BCUT2D eigenvalue weighted by Gasteiger charge is -2.10. The van der Waals surface area contributed by atoms with Gasteiger partial charge in [0, 0.05) is 41.7 Å². The molecule has 2 aliphatic carbocycles. The van der Waals surface area contributed by atoms with Crippen LogP contribution in [0.2, 0.25) is 0 Å². The van der Waals surface area contributed by atoms with Gasteiger partial charge in [0.2, 0.25) is 0 Å². The maximum absolute atomic E-state index is 12.7. The van der Waals surface area contributed by atoms with Crippen molar-refractivity contribution in [1.82, 2.24) is 29.1 Å². The first-order valence-corrected chi connectivity index (χ1v) is 11.6. The number of pyridine rings is 1. The fourth-order valence-electron chi connectivity index (χ4n) is 4.59. The molecular weight excluding hydrogens is 446 g/mol. The first-order valence-electron chi connectivity index (χ1n) is 11.6. The number of amides is 2. The summed E-state index contributed by atoms with van der Waals surface area (Å²) in [6.45, 7) is 2.12. The van der Waals surface area contributed by atoms with Gasteiger partial charge in [-0.15, -0.1) is 0 Å². The highest BCUT2D eigenvalue weighted by Crippen LogP contribution is 2.48. The van der Waals surface area contributed by atoms with Gasteiger partial charge in [0.25, 0.3) is 0 Å². The summed E-state index contributed by atoms with van der Waals surface area (Å²) in [4.78, 5) is 25.9. The predicted octanol–water partition coefficient (Wildman–Crippen LogP) is 4.35. The van der Waals surface area contributed by atoms with Crippen molar-refractivity contribution in [3.63, 3.8) is 0 Å². The Hall–Kier alpha value is -4.41. The smallest absolute Gasteiger partial charge is 0.325 e. The zero-order chi connectivity index (χ0) is 23.7. The fourth-order valence-corrected chi connectivity index (χ4v) is 4.59. The summed E-state index contributed by atoms with van der Waals surface area (Å²) in [5.41, 5.74) is 10.1. The zero-order valence-corrected chi connectivity index (χ0v) is 19.0. The van der Waals surface area contributed by atoms with Crippen LogP contribution in [0.5, 0.6) is 0 Å². The van der Waals surface area contributed by atoms with E-state index in [1.807, 2.05) is 22.7 Å². The van der Waals surface area contributed by atoms with E-state index in [1.165, 1.54) is 6.33 Å². The van der Waals surface area contributed by atoms with E-state index in [0.717, 1.165) is 53.7 Å². The minimum atomic E-state index is -0.425. The molecule has 2 saturated carbocycles. The molecule has 0 aliphatic heterocycles. The van der Waals surface area contributed by atoms with E-state index >= 15 is 0 Å². The summed E-state index contributed by atoms with van der Waals surface area (Å²) in [5, 5.41) is 10.4. The second kappa shape index (κ2) is 7.05. The second-order valence-corrected chi connectivity index (χ2v) is 9.61. The molecule has 0 radical (unpaired) electrons. The normalized spacial score (nSPS) is 16.6. The number of nitrogens with one attached hydrogen (secondary N) is 2. The van der Waals surface area contributed by atoms with E-state index in [4.69, 9.17) is 10.3 Å². The Morgan fingerprint density at radius 2 is 2.03 bits per heavy atom. The Labute approximate surface area is 199 Å². The molecule has 35 heavy (non-hydrogen) atoms. The molecule has 2 amide bonds. The molecule has 0 saturated heterocycles. The number of carbonyl (C=O) groups excluding carboxylic acids is 1. The molecule has 2 fully saturated rings. The second-order valence-electron chi connectivity index (χ2n) is 9.61. The van der Waals surface area contributed by atoms with Gasteiger partial charge in [0.1, 0.15) is 23.6 Å². The summed E-state index contributed by atoms with van der Waals surface area (Å²) in [6, 6.07) is 5.56. The molecule has 2 aliphatic rings. The standard InChI is InChI=1S/C24H23N9O2/c1-24(6-7-24)17-10-18(31-35-17)30-23(34)29-15-4-5-16(32-9-8-26-21(15)32)14-11-33(13-2-3-13)22-19(14)20(25)27-12-28-22/h4-5,8-13H,2-3,6-7H2,1H3,(H2,25,27,28)(H2,29,30,31,34). The molecule has 4 N–H and O–H groups in total. The van der Waals surface area contributed by atoms with Crippen LogP contribution in [0.3, 0.4) is 0 Å². The molecule has 0 atom stereocenters. The topological polar surface area (TPSA) is 141 Å². The molecule has 5 aromatic rings. The van der Waals surface area contributed by atoms with Crippen LogP contribution < -0.4 is 16.4 Å². The Morgan fingerprint density at radius 1 is 1.17 bits per heavy atom. The molecule has 11 heteroatoms. The van der Waals surface area contributed by atoms with Crippen LogP contribution >= 0.6 is 0 Å². The van der Waals surface area contributed by atoms with E-state index in [9.17, 15) is 4.79 Å². The highest BCUT2D eigenvalue weighted by atomic mass is 16.5. The lowest BCUT2D eigenvalue weighted by Crippen LogP contribution is -2.20. The summed E-state index contributed by atoms with van der Waals surface area (Å²) in [6.07, 6.45) is 11.5. The number of carbonyl (C=O) groups is 1. The summed E-state index contributed by atoms with van der Waals surface area (Å²) >= 11 is 0. The first kappa shape index (κ1) is 20.0. The number of fused-ring (bicyclic) bond motifs is 2. The van der Waals surface area contributed by atoms with Crippen molar-refractivity contribution in [2.75, 3.05) is 16.4 Å². The quantitative estimate of drug-likeness (QED) is 0.347. The number of imidazole rings is 1. The number of rotatable bonds is 5. The third-order valence-corrected chi connectivity index (χ3v) is 7.00. The van der Waals surface area contributed by atoms with E-state index < -0.39 is 6.03 Å². The number of nitrogens with zero attached hydrogens (tertiary/aromatic N) is 6. The highest BCUT2D eigenvalue weighted by molar-refractivity contribution is 6.03. The van der Waals surface area contributed by atoms with Crippen molar-refractivity contribution in [1.29, 1.82) is 0 Å². The van der Waals surface area contributed by atoms with Crippen molar-refractivity contribution < 1.29 is 9.32 Å². The maximum Gasteiger partial charge on any atom is 0.325 e. The Morgan fingerprint density at radius 3 is 2.83 bits per heavy atom. The molecule has 5 aromatic heterocycles. The number of nitrogens with two attached hydrogens (primary N) is 1. The average Bonchev–Trinajstić information content (AvgIpc) is 3.64. The third kappa shape index (κ3) is 3.22. The zero-order valence-electron chi connectivity index (χ0n) is 19.0. The molecular formula is C24H23N9O2. The summed E-state index contributed by atoms with van der Waals surface area (Å²) in [5.74, 6) is 1.61. The number of nitrogen functional groups attached to an aromatic ring is 1. The predicted molar refractivity (Wildman–Crippen MR) is 130 cm³/mol. The van der Waals surface area contributed by atoms with Gasteiger partial charge in [-0.25, -0.2) is 19.7 Å². The lowest BCUT2D eigenvalue weighted by atomic mass is 10.1. The number of urea groups is 1. The molecule has 0 aromatic carbocycles. The van der Waals surface area contributed by atoms with Crippen molar-refractivity contribution in [2.45, 2.75) is 44.1 Å².